The Hall–Kier alpha value is -0.357. The average Bonchev–Trinajstić information content (AvgIpc) is 3.02. The molecule has 2 aliphatic carbocycles. The van der Waals surface area contributed by atoms with Crippen molar-refractivity contribution < 1.29 is 51.0 Å². The van der Waals surface area contributed by atoms with Crippen LogP contribution in [0.2, 0.25) is 0 Å². The van der Waals surface area contributed by atoms with Gasteiger partial charge in [0.15, 0.2) is 0 Å². The van der Waals surface area contributed by atoms with Gasteiger partial charge in [-0.3, -0.25) is 0 Å². The molecule has 0 nitrogen and oxygen atoms in total. The molecule has 0 N–H and O–H groups in total. The molecule has 0 spiro atoms. The minimum atomic E-state index is 0. The van der Waals surface area contributed by atoms with E-state index in [1.807, 2.05) is 0 Å². The second kappa shape index (κ2) is 9.82. The van der Waals surface area contributed by atoms with Gasteiger partial charge in [0.05, 0.1) is 0 Å². The molecule has 2 aliphatic rings. The Morgan fingerprint density at radius 3 is 2.48 bits per heavy atom. The average molecular weight is 424 g/mol. The fourth-order valence-electron chi connectivity index (χ4n) is 3.04. The number of allylic oxidation sites excluding steroid dienone is 7. The van der Waals surface area contributed by atoms with Crippen molar-refractivity contribution in [1.82, 2.24) is 0 Å². The number of hydrogen-bond acceptors (Lipinski definition) is 0. The van der Waals surface area contributed by atoms with Crippen LogP contribution >= 0.6 is 0 Å². The molecule has 3 heteroatoms. The maximum absolute atomic E-state index is 3.66. The van der Waals surface area contributed by atoms with Crippen LogP contribution in [0, 0.1) is 6.08 Å². The van der Waals surface area contributed by atoms with Gasteiger partial charge in [-0.05, 0) is 11.1 Å². The first kappa shape index (κ1) is 22.6. The standard InChI is InChI=1S/C20H21.2ClH.Zr/c1-4-7-16-12-17(14(2)3)13-20(16)19-11-10-15-8-5-6-9-18(15)19;;;/h5-6,8-12,19H,4,7H2,1-3H3;2*1H;/q-1;;;+3/p-2. The van der Waals surface area contributed by atoms with Gasteiger partial charge < -0.3 is 24.8 Å². The smallest absolute Gasteiger partial charge is 1.00 e. The largest absolute Gasteiger partial charge is 3.00 e. The molecule has 1 radical (unpaired) electrons. The summed E-state index contributed by atoms with van der Waals surface area (Å²) in [6, 6.07) is 8.70. The quantitative estimate of drug-likeness (QED) is 0.581. The molecule has 23 heavy (non-hydrogen) atoms. The molecule has 0 aromatic heterocycles. The molecule has 1 aromatic carbocycles. The fourth-order valence-corrected chi connectivity index (χ4v) is 3.04. The first-order valence-electron chi connectivity index (χ1n) is 7.50. The van der Waals surface area contributed by atoms with Gasteiger partial charge in [-0.15, -0.1) is 17.2 Å². The van der Waals surface area contributed by atoms with Crippen LogP contribution in [0.25, 0.3) is 6.08 Å². The van der Waals surface area contributed by atoms with Gasteiger partial charge in [-0.25, -0.2) is 0 Å². The van der Waals surface area contributed by atoms with E-state index >= 15 is 0 Å². The Balaban J connectivity index is 0.00000161. The van der Waals surface area contributed by atoms with Gasteiger partial charge in [0.25, 0.3) is 0 Å². The second-order valence-corrected chi connectivity index (χ2v) is 5.84. The van der Waals surface area contributed by atoms with Crippen molar-refractivity contribution in [3.8, 4) is 0 Å². The van der Waals surface area contributed by atoms with Crippen molar-refractivity contribution in [1.29, 1.82) is 0 Å². The molecule has 0 bridgehead atoms. The van der Waals surface area contributed by atoms with Crippen LogP contribution in [0.5, 0.6) is 0 Å². The van der Waals surface area contributed by atoms with Crippen LogP contribution in [-0.2, 0) is 26.2 Å². The SMILES string of the molecule is CCCC1=CC(=C(C)C)[C-]=C1C1C=Cc2ccccc21.[Cl-].[Cl-].[Zr+3]. The van der Waals surface area contributed by atoms with Gasteiger partial charge in [-0.2, -0.15) is 17.2 Å². The van der Waals surface area contributed by atoms with Crippen molar-refractivity contribution in [2.24, 2.45) is 0 Å². The van der Waals surface area contributed by atoms with Crippen molar-refractivity contribution in [3.63, 3.8) is 0 Å². The van der Waals surface area contributed by atoms with E-state index in [0.29, 0.717) is 5.92 Å². The summed E-state index contributed by atoms with van der Waals surface area (Å²) in [6.45, 7) is 6.59. The summed E-state index contributed by atoms with van der Waals surface area (Å²) in [5, 5.41) is 0. The Bertz CT molecular complexity index is 662. The third-order valence-corrected chi connectivity index (χ3v) is 4.10. The number of hydrogen-bond donors (Lipinski definition) is 0. The number of rotatable bonds is 3. The Morgan fingerprint density at radius 2 is 1.83 bits per heavy atom. The zero-order valence-corrected chi connectivity index (χ0v) is 17.8. The minimum Gasteiger partial charge on any atom is -1.00 e. The predicted molar refractivity (Wildman–Crippen MR) is 86.3 cm³/mol. The fraction of sp³-hybridized carbons (Fsp3) is 0.300. The van der Waals surface area contributed by atoms with E-state index in [1.165, 1.54) is 39.8 Å². The topological polar surface area (TPSA) is 0 Å². The monoisotopic (exact) mass is 421 g/mol. The van der Waals surface area contributed by atoms with Crippen LogP contribution in [0.4, 0.5) is 0 Å². The van der Waals surface area contributed by atoms with Gasteiger partial charge >= 0.3 is 26.2 Å². The van der Waals surface area contributed by atoms with E-state index in [4.69, 9.17) is 0 Å². The third-order valence-electron chi connectivity index (χ3n) is 4.10. The van der Waals surface area contributed by atoms with Gasteiger partial charge in [0.1, 0.15) is 0 Å². The van der Waals surface area contributed by atoms with Crippen molar-refractivity contribution >= 4 is 6.08 Å². The Labute approximate surface area is 171 Å². The maximum atomic E-state index is 3.66. The molecular formula is C20H21Cl2Zr. The zero-order valence-electron chi connectivity index (χ0n) is 13.8. The van der Waals surface area contributed by atoms with Crippen molar-refractivity contribution in [3.05, 3.63) is 75.9 Å². The molecule has 0 aliphatic heterocycles. The van der Waals surface area contributed by atoms with Crippen LogP contribution in [0.3, 0.4) is 0 Å². The van der Waals surface area contributed by atoms with E-state index in [1.54, 1.807) is 0 Å². The summed E-state index contributed by atoms with van der Waals surface area (Å²) in [5.74, 6) is 0.390. The molecular weight excluding hydrogens is 402 g/mol. The molecule has 0 saturated carbocycles. The van der Waals surface area contributed by atoms with Crippen LogP contribution < -0.4 is 24.8 Å². The van der Waals surface area contributed by atoms with Crippen molar-refractivity contribution in [2.75, 3.05) is 0 Å². The molecule has 119 valence electrons. The second-order valence-electron chi connectivity index (χ2n) is 5.84. The van der Waals surface area contributed by atoms with Gasteiger partial charge in [-0.1, -0.05) is 70.0 Å². The summed E-state index contributed by atoms with van der Waals surface area (Å²) in [4.78, 5) is 0. The van der Waals surface area contributed by atoms with E-state index in [0.717, 1.165) is 6.42 Å². The first-order chi connectivity index (χ1) is 9.70. The van der Waals surface area contributed by atoms with Crippen LogP contribution in [0.15, 0.2) is 58.7 Å². The molecule has 1 unspecified atom stereocenters. The third kappa shape index (κ3) is 4.59. The molecule has 0 fully saturated rings. The number of benzene rings is 1. The summed E-state index contributed by atoms with van der Waals surface area (Å²) in [6.07, 6.45) is 12.9. The Kier molecular flexibility index (Phi) is 9.67. The number of fused-ring (bicyclic) bond motifs is 1. The van der Waals surface area contributed by atoms with E-state index < -0.39 is 0 Å². The van der Waals surface area contributed by atoms with Gasteiger partial charge in [0, 0.05) is 5.92 Å². The molecule has 0 amide bonds. The van der Waals surface area contributed by atoms with Crippen molar-refractivity contribution in [2.45, 2.75) is 39.5 Å². The van der Waals surface area contributed by atoms with Crippen LogP contribution in [-0.4, -0.2) is 0 Å². The maximum Gasteiger partial charge on any atom is 3.00 e. The summed E-state index contributed by atoms with van der Waals surface area (Å²) in [5.41, 5.74) is 8.25. The molecule has 0 saturated heterocycles. The normalized spacial score (nSPS) is 17.3. The summed E-state index contributed by atoms with van der Waals surface area (Å²) in [7, 11) is 0. The number of halogens is 2. The van der Waals surface area contributed by atoms with Gasteiger partial charge in [0.2, 0.25) is 0 Å². The predicted octanol–water partition coefficient (Wildman–Crippen LogP) is -0.391. The molecule has 3 rings (SSSR count). The van der Waals surface area contributed by atoms with E-state index in [9.17, 15) is 0 Å². The Morgan fingerprint density at radius 1 is 1.13 bits per heavy atom. The zero-order chi connectivity index (χ0) is 14.1. The summed E-state index contributed by atoms with van der Waals surface area (Å²) >= 11 is 0. The van der Waals surface area contributed by atoms with E-state index in [2.05, 4.69) is 69.3 Å². The van der Waals surface area contributed by atoms with E-state index in [-0.39, 0.29) is 51.0 Å². The minimum absolute atomic E-state index is 0. The molecule has 1 atom stereocenters. The molecule has 1 aromatic rings. The molecule has 0 heterocycles. The summed E-state index contributed by atoms with van der Waals surface area (Å²) < 4.78 is 0. The first-order valence-corrected chi connectivity index (χ1v) is 7.50. The van der Waals surface area contributed by atoms with Crippen LogP contribution in [0.1, 0.15) is 50.7 Å².